The summed E-state index contributed by atoms with van der Waals surface area (Å²) in [5.74, 6) is 0.482. The number of allylic oxidation sites excluding steroid dienone is 1. The number of aliphatic hydroxyl groups excluding tert-OH is 3. The number of nitrogens with two attached hydrogens (primary N) is 3. The van der Waals surface area contributed by atoms with Gasteiger partial charge in [-0.25, -0.2) is 15.0 Å². The van der Waals surface area contributed by atoms with Crippen LogP contribution >= 0.6 is 46.4 Å². The molecule has 9 aliphatic rings. The van der Waals surface area contributed by atoms with Gasteiger partial charge in [-0.15, -0.1) is 11.6 Å². The van der Waals surface area contributed by atoms with Gasteiger partial charge < -0.3 is 118 Å². The number of hydrogen-bond acceptors (Lipinski definition) is 26. The van der Waals surface area contributed by atoms with E-state index in [0.717, 1.165) is 17.6 Å². The third kappa shape index (κ3) is 24.2. The van der Waals surface area contributed by atoms with Crippen molar-refractivity contribution in [2.24, 2.45) is 35.5 Å². The summed E-state index contributed by atoms with van der Waals surface area (Å²) in [6.07, 6.45) is 6.78. The summed E-state index contributed by atoms with van der Waals surface area (Å²) in [6.45, 7) is 31.6. The van der Waals surface area contributed by atoms with E-state index < -0.39 is 42.6 Å². The number of nitrogens with one attached hydrogen (secondary N) is 1. The normalized spacial score (nSPS) is 30.2. The number of alkyl halides is 1. The fourth-order valence-corrected chi connectivity index (χ4v) is 12.8. The third-order valence-corrected chi connectivity index (χ3v) is 19.0. The second-order valence-corrected chi connectivity index (χ2v) is 26.0. The zero-order valence-electron chi connectivity index (χ0n) is 69.9. The van der Waals surface area contributed by atoms with Crippen LogP contribution in [0.4, 0.5) is 17.8 Å². The van der Waals surface area contributed by atoms with Crippen LogP contribution in [0.5, 0.6) is 0 Å². The number of unbranched alkanes of at least 4 members (excludes halogenated alkanes) is 1. The van der Waals surface area contributed by atoms with Crippen molar-refractivity contribution in [2.75, 3.05) is 49.5 Å². The number of ketones is 4. The molecule has 588 valence electrons. The molecule has 3 saturated heterocycles. The van der Waals surface area contributed by atoms with Crippen molar-refractivity contribution >= 4 is 144 Å². The maximum atomic E-state index is 12.7. The first-order chi connectivity index (χ1) is 51.4. The van der Waals surface area contributed by atoms with E-state index in [1.807, 2.05) is 20.8 Å². The number of aromatic nitrogens is 12. The number of Topliss-reactive ketones (excluding diaryl/α,β-unsaturated/α-hetero) is 3. The second kappa shape index (κ2) is 47.2. The Labute approximate surface area is 722 Å². The van der Waals surface area contributed by atoms with Crippen LogP contribution in [0.2, 0.25) is 15.5 Å². The van der Waals surface area contributed by atoms with Crippen molar-refractivity contribution in [1.82, 2.24) is 59.0 Å². The van der Waals surface area contributed by atoms with Gasteiger partial charge in [0.1, 0.15) is 71.4 Å². The summed E-state index contributed by atoms with van der Waals surface area (Å²) in [5, 5.41) is 29.3. The molecular formula is C70H104BrCl4LiMgN15NaO15. The number of aliphatic hydroxyl groups is 3. The van der Waals surface area contributed by atoms with Crippen molar-refractivity contribution < 1.29 is 148 Å². The summed E-state index contributed by atoms with van der Waals surface area (Å²) in [4.78, 5) is 84.1. The van der Waals surface area contributed by atoms with E-state index in [1.54, 1.807) is 29.3 Å². The minimum atomic E-state index is -0.823. The summed E-state index contributed by atoms with van der Waals surface area (Å²) < 4.78 is 81.0. The van der Waals surface area contributed by atoms with Gasteiger partial charge in [-0.05, 0) is 50.4 Å². The Bertz CT molecular complexity index is 4050. The number of nitrogens with zero attached hydrogens (tertiary/aromatic N) is 11. The molecule has 108 heavy (non-hydrogen) atoms. The number of hydrogen-bond donors (Lipinski definition) is 7. The molecule has 38 heteroatoms. The molecule has 0 aromatic carbocycles. The molecule has 0 unspecified atom stereocenters. The standard InChI is InChI=1S/C14H18ClN5O2.C14H16ClN5O2.C9H14O2.C8H12O3.C6H8O3.C6H8O2.C5H4ClN5.C4H9.C2H5Cl.CH4.CH3.BrH.Li.Mg.Na.H2O.H/c2*1-4-22-11-7(3)6(2)9(10(11)21)20-5-17-8-12(15)18-14(16)19-13(8)20;1-4-10-7-5(2)6(3)8-9(7)11-8;1-3-10-6-4(2)5(9)7-8(6)11-7;1-2-3(7)5-6(9-5)4(2)8;1-4-5(7)2-3-6(4)8;6-3-2-4(9-1-8-2)11-5(7)10-3;1-3-4-2;1-2-3;;;;;;;;/h5,7,9-11,21H,2,4H2,1,3H3,(H2,16,18,19);5,7,9,11H,2,4H2,1,3H3,(H2,16,18,19);5,7-9H,3-4H2,1-2H3;4,6-8H,3H2,1-2H3;2-3,5-7H,1H3;2-5,7H,1H3;1H,(H3,7,8,9,10,11);1,3-4H2,2H3;2H2,1H3;1H4;1H3;1H;;;;1H2;/q;;;;;;;-1;;;-1;;+1;+2;+1;;-1/p-1/t7-,9+,10-,11+;7-,9+,11+;5-,7+,8-,9+;4-,6+,7-,8+;2-,3-,5-,6+;4-,5+;;;;;;;;;;;/m000011.........../s1/i4*1T;;;;;1T;1D;;;;;;;. The fourth-order valence-electron chi connectivity index (χ4n) is 12.1. The van der Waals surface area contributed by atoms with Crippen LogP contribution in [0.1, 0.15) is 125 Å². The molecule has 0 amide bonds. The van der Waals surface area contributed by atoms with Gasteiger partial charge in [0.2, 0.25) is 17.8 Å². The molecule has 0 spiro atoms. The van der Waals surface area contributed by atoms with Gasteiger partial charge in [-0.3, -0.25) is 19.2 Å². The Morgan fingerprint density at radius 3 is 1.54 bits per heavy atom. The largest absolute Gasteiger partial charge is 2.00 e. The molecule has 0 radical (unpaired) electrons. The number of imidazole rings is 3. The average Bonchev–Trinajstić information content (AvgIpc) is 1.60. The van der Waals surface area contributed by atoms with Crippen molar-refractivity contribution in [3.8, 4) is 0 Å². The van der Waals surface area contributed by atoms with E-state index in [-0.39, 0.29) is 266 Å². The number of H-pyrrole nitrogens is 1. The van der Waals surface area contributed by atoms with Gasteiger partial charge in [0.05, 0.1) is 55.5 Å². The molecule has 8 fully saturated rings. The molecular weight excluding hydrogens is 1570 g/mol. The number of ether oxygens (including phenoxy) is 7. The third-order valence-electron chi connectivity index (χ3n) is 18.2. The Morgan fingerprint density at radius 2 is 1.10 bits per heavy atom. The number of carbonyl (C=O) groups excluding carboxylic acids is 4. The van der Waals surface area contributed by atoms with Gasteiger partial charge in [-0.1, -0.05) is 130 Å². The van der Waals surface area contributed by atoms with Crippen LogP contribution in [0.15, 0.2) is 67.6 Å². The quantitative estimate of drug-likeness (QED) is 0.0205. The zero-order valence-corrected chi connectivity index (χ0v) is 70.9. The van der Waals surface area contributed by atoms with Crippen LogP contribution in [0, 0.1) is 49.9 Å². The molecule has 3 aliphatic heterocycles. The fraction of sp³-hybridized carbons (Fsp3) is 0.586. The smallest absolute Gasteiger partial charge is 1.00 e. The molecule has 0 bridgehead atoms. The van der Waals surface area contributed by atoms with Gasteiger partial charge in [0, 0.05) is 76.0 Å². The SMILES string of the molecule is C[C@H]1C(=O)C=C[C@@H]1O.C[C@H]1C(=O)[C@@H]2O[C@@H]2[C@@H]1O.Nc1nc(Cl)c2[nH]cnc2n1.O.[2H]C.[3H]CCCl.[3H]CCO[C@H]1C(=O)[C@H](n2cnc3c(Cl)nc(N)nc32)C(=C)[C@@H]1C.[3H]CCO[C@H]1[C@@H](O)[C@H](n2cnc3c(Cl)nc(N)nc32)C(=C)[C@@H]1C.[3H]CCO[C@H]1[C@H]2O[C@H]2C(=C)[C@@H]1C.[3H]CCO[C@H]1[C@H]2O[C@H]2C(=O)[C@@H]1C.[Br-].[CH2-]CCC.[CH3-].[H-].[Li+].[Mg+2].[Na+]. The molecule has 30 nitrogen and oxygen atoms in total. The molecule has 6 aromatic heterocycles. The predicted molar refractivity (Wildman–Crippen MR) is 406 cm³/mol. The van der Waals surface area contributed by atoms with E-state index in [9.17, 15) is 24.3 Å². The first-order valence-corrected chi connectivity index (χ1v) is 34.2. The molecule has 6 aliphatic carbocycles. The first kappa shape index (κ1) is 93.1. The number of anilines is 3. The molecule has 6 aromatic rings. The number of fused-ring (bicyclic) bond motifs is 6. The van der Waals surface area contributed by atoms with Crippen molar-refractivity contribution in [1.29, 1.82) is 0 Å². The summed E-state index contributed by atoms with van der Waals surface area (Å²) in [6, 6.07) is -1.09. The average molecular weight is 1680 g/mol. The number of rotatable bonds is 11. The number of carbonyl (C=O) groups is 4. The minimum absolute atomic E-state index is 0. The number of epoxide rings is 3. The number of aromatic amines is 1. The van der Waals surface area contributed by atoms with E-state index in [1.165, 1.54) is 38.6 Å². The van der Waals surface area contributed by atoms with Crippen LogP contribution in [-0.4, -0.2) is 238 Å². The summed E-state index contributed by atoms with van der Waals surface area (Å²) >= 11 is 22.8. The maximum absolute atomic E-state index is 12.7. The predicted octanol–water partition coefficient (Wildman–Crippen LogP) is -0.984. The first-order valence-electron chi connectivity index (χ1n) is 37.1. The molecule has 5 saturated carbocycles. The van der Waals surface area contributed by atoms with Gasteiger partial charge in [0.25, 0.3) is 0 Å². The topological polar surface area (TPSA) is 455 Å². The second-order valence-electron chi connectivity index (χ2n) is 24.5. The number of nitrogen functional groups attached to an aromatic ring is 3. The molecule has 21 atom stereocenters. The van der Waals surface area contributed by atoms with Gasteiger partial charge in [-0.2, -0.15) is 36.3 Å². The Kier molecular flexibility index (Phi) is 40.7. The van der Waals surface area contributed by atoms with Crippen molar-refractivity contribution in [2.45, 2.75) is 195 Å². The van der Waals surface area contributed by atoms with Crippen LogP contribution in [-0.2, 0) is 52.3 Å². The molecule has 9 heterocycles. The minimum Gasteiger partial charge on any atom is -1.00 e. The summed E-state index contributed by atoms with van der Waals surface area (Å²) in [5.41, 5.74) is 22.0. The van der Waals surface area contributed by atoms with Crippen molar-refractivity contribution in [3.63, 3.8) is 0 Å². The Hall–Kier alpha value is -3.75. The van der Waals surface area contributed by atoms with Crippen LogP contribution in [0.3, 0.4) is 0 Å². The van der Waals surface area contributed by atoms with E-state index in [4.69, 9.17) is 115 Å². The Balaban J connectivity index is 0. The van der Waals surface area contributed by atoms with Crippen LogP contribution < -0.4 is 82.6 Å². The Morgan fingerprint density at radius 1 is 0.648 bits per heavy atom. The maximum Gasteiger partial charge on any atom is 2.00 e. The molecule has 12 N–H and O–H groups in total. The monoisotopic (exact) mass is 1680 g/mol. The van der Waals surface area contributed by atoms with Gasteiger partial charge >= 0.3 is 71.5 Å². The number of halogens is 5. The van der Waals surface area contributed by atoms with E-state index in [2.05, 4.69) is 90.3 Å². The van der Waals surface area contributed by atoms with Crippen LogP contribution in [0.25, 0.3) is 33.5 Å². The van der Waals surface area contributed by atoms with E-state index >= 15 is 0 Å². The summed E-state index contributed by atoms with van der Waals surface area (Å²) in [7, 11) is 1.25. The van der Waals surface area contributed by atoms with E-state index in [0.29, 0.717) is 83.0 Å². The van der Waals surface area contributed by atoms with Gasteiger partial charge in [0.15, 0.2) is 55.5 Å². The van der Waals surface area contributed by atoms with Crippen molar-refractivity contribution in [3.05, 3.63) is 97.4 Å². The molecule has 15 rings (SSSR count). The zero-order chi connectivity index (χ0) is 80.3.